The summed E-state index contributed by atoms with van der Waals surface area (Å²) in [6, 6.07) is 7.68. The number of nitrogens with zero attached hydrogens (tertiary/aromatic N) is 2. The van der Waals surface area contributed by atoms with Gasteiger partial charge in [0.05, 0.1) is 5.56 Å². The first-order valence-electron chi connectivity index (χ1n) is 8.14. The molecule has 8 heteroatoms. The fourth-order valence-corrected chi connectivity index (χ4v) is 3.02. The van der Waals surface area contributed by atoms with Gasteiger partial charge in [0.15, 0.2) is 5.15 Å². The van der Waals surface area contributed by atoms with Crippen LogP contribution < -0.4 is 11.2 Å². The molecular formula is C19H12ClFN4O2. The number of hydrogen-bond donors (Lipinski definition) is 2. The van der Waals surface area contributed by atoms with Gasteiger partial charge in [-0.3, -0.25) is 9.78 Å². The highest BCUT2D eigenvalue weighted by atomic mass is 35.5. The van der Waals surface area contributed by atoms with Crippen molar-refractivity contribution in [3.63, 3.8) is 0 Å². The lowest BCUT2D eigenvalue weighted by Gasteiger charge is -2.04. The summed E-state index contributed by atoms with van der Waals surface area (Å²) >= 11 is 6.18. The lowest BCUT2D eigenvalue weighted by molar-refractivity contribution is 0.627. The number of nitrogens with one attached hydrogen (secondary N) is 2. The highest BCUT2D eigenvalue weighted by Gasteiger charge is 2.39. The molecule has 27 heavy (non-hydrogen) atoms. The first-order valence-corrected chi connectivity index (χ1v) is 8.51. The molecule has 4 rings (SSSR count). The van der Waals surface area contributed by atoms with Crippen molar-refractivity contribution < 1.29 is 4.39 Å². The van der Waals surface area contributed by atoms with Gasteiger partial charge in [-0.2, -0.15) is 0 Å². The highest BCUT2D eigenvalue weighted by molar-refractivity contribution is 6.30. The number of hydrogen-bond acceptors (Lipinski definition) is 4. The second-order valence-electron chi connectivity index (χ2n) is 6.19. The zero-order valence-electron chi connectivity index (χ0n) is 13.8. The molecule has 6 nitrogen and oxygen atoms in total. The number of H-pyrrole nitrogens is 2. The minimum atomic E-state index is -0.593. The summed E-state index contributed by atoms with van der Waals surface area (Å²) in [5.41, 5.74) is 0.875. The summed E-state index contributed by atoms with van der Waals surface area (Å²) in [4.78, 5) is 27.7. The van der Waals surface area contributed by atoms with Gasteiger partial charge in [-0.15, -0.1) is 10.2 Å². The molecule has 2 atom stereocenters. The van der Waals surface area contributed by atoms with Gasteiger partial charge in [-0.25, -0.2) is 9.18 Å². The van der Waals surface area contributed by atoms with Crippen LogP contribution in [-0.2, 0) is 0 Å². The van der Waals surface area contributed by atoms with E-state index in [2.05, 4.69) is 32.0 Å². The first-order chi connectivity index (χ1) is 13.0. The lowest BCUT2D eigenvalue weighted by Crippen LogP contribution is -2.23. The van der Waals surface area contributed by atoms with E-state index in [-0.39, 0.29) is 28.4 Å². The van der Waals surface area contributed by atoms with Crippen LogP contribution in [0.15, 0.2) is 46.1 Å². The van der Waals surface area contributed by atoms with E-state index in [1.54, 1.807) is 18.2 Å². The third kappa shape index (κ3) is 3.66. The molecule has 1 aliphatic carbocycles. The maximum atomic E-state index is 12.9. The van der Waals surface area contributed by atoms with Crippen molar-refractivity contribution in [3.05, 3.63) is 79.5 Å². The van der Waals surface area contributed by atoms with Gasteiger partial charge in [-0.1, -0.05) is 23.4 Å². The monoisotopic (exact) mass is 382 g/mol. The van der Waals surface area contributed by atoms with Gasteiger partial charge >= 0.3 is 5.69 Å². The minimum Gasteiger partial charge on any atom is -0.313 e. The van der Waals surface area contributed by atoms with E-state index in [0.717, 1.165) is 17.5 Å². The molecule has 3 aromatic rings. The zero-order valence-corrected chi connectivity index (χ0v) is 14.5. The predicted molar refractivity (Wildman–Crippen MR) is 97.8 cm³/mol. The molecule has 0 radical (unpaired) electrons. The van der Waals surface area contributed by atoms with Gasteiger partial charge in [0, 0.05) is 23.6 Å². The number of aromatic amines is 2. The van der Waals surface area contributed by atoms with E-state index in [4.69, 9.17) is 11.6 Å². The number of benzene rings is 1. The Kier molecular flexibility index (Phi) is 4.34. The van der Waals surface area contributed by atoms with Gasteiger partial charge in [-0.05, 0) is 42.3 Å². The average Bonchev–Trinajstić information content (AvgIpc) is 3.41. The topological polar surface area (TPSA) is 91.5 Å². The van der Waals surface area contributed by atoms with Crippen molar-refractivity contribution in [1.82, 2.24) is 20.2 Å². The molecular weight excluding hydrogens is 371 g/mol. The van der Waals surface area contributed by atoms with Crippen LogP contribution in [0.5, 0.6) is 0 Å². The van der Waals surface area contributed by atoms with Gasteiger partial charge in [0.2, 0.25) is 0 Å². The zero-order chi connectivity index (χ0) is 19.0. The fourth-order valence-electron chi connectivity index (χ4n) is 2.79. The summed E-state index contributed by atoms with van der Waals surface area (Å²) < 4.78 is 12.9. The van der Waals surface area contributed by atoms with E-state index in [0.29, 0.717) is 5.69 Å². The Morgan fingerprint density at radius 3 is 2.70 bits per heavy atom. The predicted octanol–water partition coefficient (Wildman–Crippen LogP) is 2.47. The van der Waals surface area contributed by atoms with Crippen LogP contribution in [0.25, 0.3) is 11.3 Å². The van der Waals surface area contributed by atoms with Crippen LogP contribution in [0, 0.1) is 23.6 Å². The molecule has 0 amide bonds. The molecule has 2 aromatic heterocycles. The molecule has 1 aliphatic rings. The summed E-state index contributed by atoms with van der Waals surface area (Å²) in [7, 11) is 0. The van der Waals surface area contributed by atoms with Crippen LogP contribution in [0.4, 0.5) is 4.39 Å². The smallest absolute Gasteiger partial charge is 0.313 e. The van der Waals surface area contributed by atoms with Gasteiger partial charge in [0.25, 0.3) is 5.56 Å². The standard InChI is InChI=1S/C19H12ClFN4O2/c20-17-14(8-16(24-25-17)15-9-22-19(27)23-18(15)26)13-7-11(13)4-1-10-2-5-12(21)6-3-10/h2-3,5-6,8-9,11,13H,7H2,(H2,22,23,26,27)/t11-,13-/m0/s1. The van der Waals surface area contributed by atoms with Crippen molar-refractivity contribution in [2.24, 2.45) is 5.92 Å². The number of halogens is 2. The Balaban J connectivity index is 1.59. The Morgan fingerprint density at radius 1 is 1.19 bits per heavy atom. The van der Waals surface area contributed by atoms with E-state index >= 15 is 0 Å². The van der Waals surface area contributed by atoms with Crippen molar-refractivity contribution in [2.75, 3.05) is 0 Å². The van der Waals surface area contributed by atoms with Gasteiger partial charge < -0.3 is 4.98 Å². The second kappa shape index (κ2) is 6.82. The molecule has 0 aliphatic heterocycles. The third-order valence-electron chi connectivity index (χ3n) is 4.31. The Hall–Kier alpha value is -3.24. The number of rotatable bonds is 2. The molecule has 1 aromatic carbocycles. The lowest BCUT2D eigenvalue weighted by atomic mass is 10.1. The molecule has 0 unspecified atom stereocenters. The van der Waals surface area contributed by atoms with Crippen molar-refractivity contribution >= 4 is 11.6 Å². The van der Waals surface area contributed by atoms with E-state index in [9.17, 15) is 14.0 Å². The van der Waals surface area contributed by atoms with Gasteiger partial charge in [0.1, 0.15) is 11.5 Å². The molecule has 0 spiro atoms. The van der Waals surface area contributed by atoms with Crippen LogP contribution in [0.2, 0.25) is 5.15 Å². The average molecular weight is 383 g/mol. The number of aromatic nitrogens is 4. The summed E-state index contributed by atoms with van der Waals surface area (Å²) in [5, 5.41) is 8.12. The molecule has 1 saturated carbocycles. The summed E-state index contributed by atoms with van der Waals surface area (Å²) in [5.74, 6) is 6.05. The molecule has 2 N–H and O–H groups in total. The van der Waals surface area contributed by atoms with E-state index < -0.39 is 11.2 Å². The van der Waals surface area contributed by atoms with Crippen LogP contribution >= 0.6 is 11.6 Å². The van der Waals surface area contributed by atoms with Crippen molar-refractivity contribution in [1.29, 1.82) is 0 Å². The third-order valence-corrected chi connectivity index (χ3v) is 4.60. The maximum absolute atomic E-state index is 12.9. The van der Waals surface area contributed by atoms with Crippen molar-refractivity contribution in [2.45, 2.75) is 12.3 Å². The van der Waals surface area contributed by atoms with Crippen LogP contribution in [0.1, 0.15) is 23.5 Å². The Morgan fingerprint density at radius 2 is 1.96 bits per heavy atom. The molecule has 1 fully saturated rings. The minimum absolute atomic E-state index is 0.0848. The summed E-state index contributed by atoms with van der Waals surface area (Å²) in [6.07, 6.45) is 2.10. The molecule has 0 saturated heterocycles. The largest absolute Gasteiger partial charge is 0.325 e. The maximum Gasteiger partial charge on any atom is 0.325 e. The Labute approximate surface area is 157 Å². The molecule has 0 bridgehead atoms. The SMILES string of the molecule is O=c1[nH]cc(-c2cc([C@H]3C[C@@H]3C#Cc3ccc(F)cc3)c(Cl)nn2)c(=O)[nH]1. The van der Waals surface area contributed by atoms with Crippen LogP contribution in [0.3, 0.4) is 0 Å². The molecule has 2 heterocycles. The molecule has 134 valence electrons. The quantitative estimate of drug-likeness (QED) is 0.666. The normalized spacial score (nSPS) is 17.9. The fraction of sp³-hybridized carbons (Fsp3) is 0.158. The van der Waals surface area contributed by atoms with Crippen molar-refractivity contribution in [3.8, 4) is 23.1 Å². The van der Waals surface area contributed by atoms with Crippen LogP contribution in [-0.4, -0.2) is 20.2 Å². The first kappa shape index (κ1) is 17.2. The highest BCUT2D eigenvalue weighted by Crippen LogP contribution is 2.49. The summed E-state index contributed by atoms with van der Waals surface area (Å²) in [6.45, 7) is 0. The Bertz CT molecular complexity index is 1190. The van der Waals surface area contributed by atoms with E-state index in [1.807, 2.05) is 0 Å². The van der Waals surface area contributed by atoms with E-state index in [1.165, 1.54) is 18.3 Å². The second-order valence-corrected chi connectivity index (χ2v) is 6.54.